The lowest BCUT2D eigenvalue weighted by Crippen LogP contribution is -2.18. The zero-order valence-corrected chi connectivity index (χ0v) is 18.0. The van der Waals surface area contributed by atoms with E-state index < -0.39 is 10.0 Å². The highest BCUT2D eigenvalue weighted by Gasteiger charge is 2.15. The SMILES string of the molecule is CNS(=O)(=O)c1ccc(CCC(=O)Nc2cc3oc4ccccc4c3cc2OC)cc1. The molecule has 0 bridgehead atoms. The molecule has 160 valence electrons. The fourth-order valence-corrected chi connectivity index (χ4v) is 4.17. The summed E-state index contributed by atoms with van der Waals surface area (Å²) in [6, 6.07) is 17.8. The number of anilines is 1. The van der Waals surface area contributed by atoms with Gasteiger partial charge >= 0.3 is 0 Å². The van der Waals surface area contributed by atoms with Crippen LogP contribution in [0, 0.1) is 0 Å². The summed E-state index contributed by atoms with van der Waals surface area (Å²) >= 11 is 0. The van der Waals surface area contributed by atoms with E-state index in [-0.39, 0.29) is 17.2 Å². The molecule has 0 aliphatic heterocycles. The molecule has 2 N–H and O–H groups in total. The number of amides is 1. The van der Waals surface area contributed by atoms with Crippen LogP contribution in [0.4, 0.5) is 5.69 Å². The van der Waals surface area contributed by atoms with Gasteiger partial charge in [0.25, 0.3) is 0 Å². The van der Waals surface area contributed by atoms with Crippen molar-refractivity contribution in [2.24, 2.45) is 0 Å². The highest BCUT2D eigenvalue weighted by molar-refractivity contribution is 7.89. The van der Waals surface area contributed by atoms with Crippen LogP contribution in [0.5, 0.6) is 5.75 Å². The zero-order chi connectivity index (χ0) is 22.0. The molecule has 0 spiro atoms. The Hall–Kier alpha value is -3.36. The second-order valence-electron chi connectivity index (χ2n) is 7.05. The summed E-state index contributed by atoms with van der Waals surface area (Å²) in [6.45, 7) is 0. The zero-order valence-electron chi connectivity index (χ0n) is 17.1. The van der Waals surface area contributed by atoms with Crippen molar-refractivity contribution in [2.45, 2.75) is 17.7 Å². The predicted octanol–water partition coefficient (Wildman–Crippen LogP) is 4.07. The number of fused-ring (bicyclic) bond motifs is 3. The number of benzene rings is 3. The molecule has 1 heterocycles. The molecule has 31 heavy (non-hydrogen) atoms. The number of furan rings is 1. The summed E-state index contributed by atoms with van der Waals surface area (Å²) in [7, 11) is -0.554. The minimum absolute atomic E-state index is 0.180. The van der Waals surface area contributed by atoms with Crippen molar-refractivity contribution in [1.29, 1.82) is 0 Å². The summed E-state index contributed by atoms with van der Waals surface area (Å²) in [5.74, 6) is 0.370. The van der Waals surface area contributed by atoms with E-state index in [0.717, 1.165) is 21.9 Å². The van der Waals surface area contributed by atoms with Crippen LogP contribution in [0.2, 0.25) is 0 Å². The van der Waals surface area contributed by atoms with Gasteiger partial charge < -0.3 is 14.5 Å². The molecular formula is C23H22N2O5S. The van der Waals surface area contributed by atoms with Gasteiger partial charge in [-0.05, 0) is 43.3 Å². The number of aryl methyl sites for hydroxylation is 1. The van der Waals surface area contributed by atoms with Gasteiger partial charge in [0.2, 0.25) is 15.9 Å². The topological polar surface area (TPSA) is 97.6 Å². The van der Waals surface area contributed by atoms with E-state index >= 15 is 0 Å². The van der Waals surface area contributed by atoms with Gasteiger partial charge in [-0.1, -0.05) is 30.3 Å². The van der Waals surface area contributed by atoms with Crippen LogP contribution in [0.1, 0.15) is 12.0 Å². The van der Waals surface area contributed by atoms with Crippen LogP contribution >= 0.6 is 0 Å². The number of methoxy groups -OCH3 is 1. The summed E-state index contributed by atoms with van der Waals surface area (Å²) in [5, 5.41) is 4.79. The maximum absolute atomic E-state index is 12.5. The van der Waals surface area contributed by atoms with Crippen LogP contribution in [0.15, 0.2) is 70.0 Å². The average Bonchev–Trinajstić information content (AvgIpc) is 3.14. The first-order valence-corrected chi connectivity index (χ1v) is 11.2. The van der Waals surface area contributed by atoms with Crippen LogP contribution in [-0.4, -0.2) is 28.5 Å². The lowest BCUT2D eigenvalue weighted by Gasteiger charge is -2.10. The number of nitrogens with one attached hydrogen (secondary N) is 2. The molecule has 7 nitrogen and oxygen atoms in total. The second-order valence-corrected chi connectivity index (χ2v) is 8.93. The van der Waals surface area contributed by atoms with Crippen molar-refractivity contribution in [3.8, 4) is 5.75 Å². The van der Waals surface area contributed by atoms with Crippen LogP contribution in [0.3, 0.4) is 0 Å². The maximum Gasteiger partial charge on any atom is 0.240 e. The molecule has 0 atom stereocenters. The van der Waals surface area contributed by atoms with E-state index in [0.29, 0.717) is 23.4 Å². The van der Waals surface area contributed by atoms with Crippen molar-refractivity contribution in [3.63, 3.8) is 0 Å². The van der Waals surface area contributed by atoms with Gasteiger partial charge in [-0.25, -0.2) is 13.1 Å². The van der Waals surface area contributed by atoms with E-state index in [9.17, 15) is 13.2 Å². The highest BCUT2D eigenvalue weighted by Crippen LogP contribution is 2.36. The Labute approximate surface area is 180 Å². The first-order valence-electron chi connectivity index (χ1n) is 9.73. The molecule has 4 rings (SSSR count). The molecule has 1 amide bonds. The number of hydrogen-bond acceptors (Lipinski definition) is 5. The molecule has 0 unspecified atom stereocenters. The first-order chi connectivity index (χ1) is 14.9. The molecular weight excluding hydrogens is 416 g/mol. The van der Waals surface area contributed by atoms with Gasteiger partial charge in [0, 0.05) is 23.3 Å². The molecule has 3 aromatic carbocycles. The fraction of sp³-hybridized carbons (Fsp3) is 0.174. The number of rotatable bonds is 7. The fourth-order valence-electron chi connectivity index (χ4n) is 3.44. The predicted molar refractivity (Wildman–Crippen MR) is 120 cm³/mol. The second kappa shape index (κ2) is 8.41. The number of carbonyl (C=O) groups excluding carboxylic acids is 1. The molecule has 0 aliphatic rings. The summed E-state index contributed by atoms with van der Waals surface area (Å²) < 4.78 is 37.2. The van der Waals surface area contributed by atoms with Crippen LogP contribution in [-0.2, 0) is 21.2 Å². The Kier molecular flexibility index (Phi) is 5.67. The minimum atomic E-state index is -3.47. The van der Waals surface area contributed by atoms with E-state index in [1.54, 1.807) is 25.3 Å². The Balaban J connectivity index is 1.48. The summed E-state index contributed by atoms with van der Waals surface area (Å²) in [5.41, 5.74) is 2.84. The van der Waals surface area contributed by atoms with E-state index in [4.69, 9.17) is 9.15 Å². The Morgan fingerprint density at radius 1 is 1.00 bits per heavy atom. The molecule has 0 saturated heterocycles. The summed E-state index contributed by atoms with van der Waals surface area (Å²) in [4.78, 5) is 12.7. The number of ether oxygens (including phenoxy) is 1. The monoisotopic (exact) mass is 438 g/mol. The minimum Gasteiger partial charge on any atom is -0.495 e. The lowest BCUT2D eigenvalue weighted by atomic mass is 10.1. The Morgan fingerprint density at radius 2 is 1.74 bits per heavy atom. The van der Waals surface area contributed by atoms with Gasteiger partial charge in [-0.2, -0.15) is 0 Å². The third-order valence-electron chi connectivity index (χ3n) is 5.12. The number of carbonyl (C=O) groups is 1. The lowest BCUT2D eigenvalue weighted by molar-refractivity contribution is -0.116. The number of hydrogen-bond donors (Lipinski definition) is 2. The van der Waals surface area contributed by atoms with Gasteiger partial charge in [0.1, 0.15) is 16.9 Å². The molecule has 0 aliphatic carbocycles. The van der Waals surface area contributed by atoms with Crippen molar-refractivity contribution >= 4 is 43.6 Å². The smallest absolute Gasteiger partial charge is 0.240 e. The first kappa shape index (κ1) is 20.9. The van der Waals surface area contributed by atoms with Gasteiger partial charge in [-0.3, -0.25) is 4.79 Å². The maximum atomic E-state index is 12.5. The third kappa shape index (κ3) is 4.26. The highest BCUT2D eigenvalue weighted by atomic mass is 32.2. The van der Waals surface area contributed by atoms with Gasteiger partial charge in [0.05, 0.1) is 17.7 Å². The quantitative estimate of drug-likeness (QED) is 0.453. The molecule has 0 saturated carbocycles. The molecule has 1 aromatic heterocycles. The summed E-state index contributed by atoms with van der Waals surface area (Å²) in [6.07, 6.45) is 0.709. The van der Waals surface area contributed by atoms with Gasteiger partial charge in [0.15, 0.2) is 0 Å². The van der Waals surface area contributed by atoms with Crippen LogP contribution in [0.25, 0.3) is 21.9 Å². The molecule has 0 radical (unpaired) electrons. The van der Waals surface area contributed by atoms with Crippen molar-refractivity contribution in [3.05, 3.63) is 66.2 Å². The standard InChI is InChI=1S/C23H22N2O5S/c1-24-31(27,28)16-10-7-15(8-11-16)9-12-23(26)25-19-14-21-18(13-22(19)29-2)17-5-3-4-6-20(17)30-21/h3-8,10-11,13-14,24H,9,12H2,1-2H3,(H,25,26). The molecule has 0 fully saturated rings. The Morgan fingerprint density at radius 3 is 2.45 bits per heavy atom. The van der Waals surface area contributed by atoms with Gasteiger partial charge in [-0.15, -0.1) is 0 Å². The van der Waals surface area contributed by atoms with Crippen LogP contribution < -0.4 is 14.8 Å². The molecule has 8 heteroatoms. The van der Waals surface area contributed by atoms with E-state index in [1.165, 1.54) is 19.2 Å². The average molecular weight is 439 g/mol. The number of sulfonamides is 1. The molecule has 4 aromatic rings. The van der Waals surface area contributed by atoms with E-state index in [2.05, 4.69) is 10.0 Å². The third-order valence-corrected chi connectivity index (χ3v) is 6.55. The number of para-hydroxylation sites is 1. The van der Waals surface area contributed by atoms with Crippen molar-refractivity contribution in [1.82, 2.24) is 4.72 Å². The largest absolute Gasteiger partial charge is 0.495 e. The normalized spacial score (nSPS) is 11.7. The Bertz CT molecular complexity index is 1360. The van der Waals surface area contributed by atoms with Crippen molar-refractivity contribution in [2.75, 3.05) is 19.5 Å². The van der Waals surface area contributed by atoms with E-state index in [1.807, 2.05) is 30.3 Å². The van der Waals surface area contributed by atoms with Crippen molar-refractivity contribution < 1.29 is 22.4 Å².